The molecule has 0 spiro atoms. The first kappa shape index (κ1) is 91.4. The van der Waals surface area contributed by atoms with Crippen molar-refractivity contribution in [3.05, 3.63) is 83.0 Å². The second-order valence-electron chi connectivity index (χ2n) is 38.9. The number of unbranched alkanes of at least 4 members (excludes halogenated alkanes) is 1. The summed E-state index contributed by atoms with van der Waals surface area (Å²) in [6, 6.07) is 16.0. The summed E-state index contributed by atoms with van der Waals surface area (Å²) < 4.78 is 71.9. The fourth-order valence-corrected chi connectivity index (χ4v) is 26.3. The first-order valence-electron chi connectivity index (χ1n) is 46.0. The van der Waals surface area contributed by atoms with E-state index in [1.165, 1.54) is 12.2 Å². The van der Waals surface area contributed by atoms with Gasteiger partial charge >= 0.3 is 35.8 Å². The highest BCUT2D eigenvalue weighted by Gasteiger charge is 2.70. The number of rotatable bonds is 39. The van der Waals surface area contributed by atoms with E-state index < -0.39 is 10.8 Å². The standard InChI is InChI=1S/C98H138O22/c1-11-109-91(107)45-61(3)55-111-71-31-27-65(28-32-71)47-67-19-13-15-21-81(67)119-89(105)39-25-63(5)75-35-37-77-93-79(53-85(115-59-101)97(75,77)9)95(7)43-41-73(49-69(95)51-83(93)113-57-99)117-87(103)23-17-18-24-88(104)118-74-42-44-96(8)70(50-74)52-84(114-58-100)94-78-38-36-76(98(78,10)86(116-60-102)54-80(94)96)64(6)26-40-90(106)120-82-22-16-14-20-68(82)48-66-29-33-72(34-30-66)112-56-62(4)46-92(108)110-12-2/h27-34,45-46,57-60,63-64,67-70,73-86,93-94H,11-26,35-44,47-56H2,1-10H3/b61-45-,62-46-/t63-,64-,67-,68-,69+,70+,73-,74-,75-,76-,77+,78+,79+,80+,81+,82+,83-,84-,85+,86+,93+,94+,95+,96+,97-,98-/m1/s1. The van der Waals surface area contributed by atoms with Gasteiger partial charge in [-0.2, -0.15) is 0 Å². The van der Waals surface area contributed by atoms with Gasteiger partial charge in [-0.3, -0.25) is 38.4 Å². The molecule has 120 heavy (non-hydrogen) atoms. The Morgan fingerprint density at radius 3 is 1.18 bits per heavy atom. The summed E-state index contributed by atoms with van der Waals surface area (Å²) in [5.41, 5.74) is 2.56. The number of hydrogen-bond donors (Lipinski definition) is 0. The molecule has 0 heterocycles. The van der Waals surface area contributed by atoms with Crippen molar-refractivity contribution in [3.63, 3.8) is 0 Å². The Morgan fingerprint density at radius 1 is 0.425 bits per heavy atom. The van der Waals surface area contributed by atoms with Crippen LogP contribution in [0, 0.1) is 105 Å². The van der Waals surface area contributed by atoms with Crippen LogP contribution < -0.4 is 9.47 Å². The fraction of sp³-hybridized carbons (Fsp3) is 0.735. The molecule has 22 nitrogen and oxygen atoms in total. The van der Waals surface area contributed by atoms with Gasteiger partial charge in [0.25, 0.3) is 25.9 Å². The smallest absolute Gasteiger partial charge is 0.330 e. The fourth-order valence-electron chi connectivity index (χ4n) is 26.3. The molecule has 0 amide bonds. The van der Waals surface area contributed by atoms with Gasteiger partial charge in [0.2, 0.25) is 0 Å². The van der Waals surface area contributed by atoms with E-state index in [4.69, 9.17) is 56.8 Å². The van der Waals surface area contributed by atoms with Crippen molar-refractivity contribution in [3.8, 4) is 11.5 Å². The largest absolute Gasteiger partial charge is 0.489 e. The number of ether oxygens (including phenoxy) is 12. The number of benzene rings is 2. The van der Waals surface area contributed by atoms with Gasteiger partial charge in [-0.1, -0.05) is 78.6 Å². The van der Waals surface area contributed by atoms with Gasteiger partial charge in [0.15, 0.2) is 0 Å². The minimum absolute atomic E-state index is 0.0359. The van der Waals surface area contributed by atoms with Crippen LogP contribution in [0.3, 0.4) is 0 Å². The predicted octanol–water partition coefficient (Wildman–Crippen LogP) is 17.6. The molecule has 2 aromatic carbocycles. The van der Waals surface area contributed by atoms with Crippen molar-refractivity contribution < 1.29 is 105 Å². The lowest BCUT2D eigenvalue weighted by Crippen LogP contribution is -2.63. The van der Waals surface area contributed by atoms with Crippen LogP contribution in [0.1, 0.15) is 273 Å². The molecule has 0 bridgehead atoms. The Hall–Kier alpha value is -7.78. The number of esters is 6. The first-order chi connectivity index (χ1) is 57.8. The Bertz CT molecular complexity index is 3620. The van der Waals surface area contributed by atoms with E-state index in [-0.39, 0.29) is 217 Å². The number of fused-ring (bicyclic) bond motifs is 10. The van der Waals surface area contributed by atoms with Crippen LogP contribution in [0.5, 0.6) is 11.5 Å². The number of carbonyl (C=O) groups is 10. The highest BCUT2D eigenvalue weighted by molar-refractivity contribution is 5.83. The monoisotopic (exact) mass is 1670 g/mol. The molecule has 0 N–H and O–H groups in total. The van der Waals surface area contributed by atoms with E-state index in [1.54, 1.807) is 13.8 Å². The third-order valence-corrected chi connectivity index (χ3v) is 32.3. The van der Waals surface area contributed by atoms with Crippen molar-refractivity contribution in [1.29, 1.82) is 0 Å². The van der Waals surface area contributed by atoms with Crippen molar-refractivity contribution in [1.82, 2.24) is 0 Å². The average molecular weight is 1670 g/mol. The molecule has 10 saturated carbocycles. The first-order valence-corrected chi connectivity index (χ1v) is 46.0. The minimum atomic E-state index is -0.427. The maximum absolute atomic E-state index is 13.9. The molecular formula is C98H138O22. The normalized spacial score (nSPS) is 35.5. The molecule has 0 radical (unpaired) electrons. The molecule has 26 atom stereocenters. The van der Waals surface area contributed by atoms with Gasteiger partial charge in [-0.15, -0.1) is 0 Å². The lowest BCUT2D eigenvalue weighted by molar-refractivity contribution is -0.219. The second kappa shape index (κ2) is 41.6. The summed E-state index contributed by atoms with van der Waals surface area (Å²) in [5.74, 6) is 1.16. The predicted molar refractivity (Wildman–Crippen MR) is 446 cm³/mol. The van der Waals surface area contributed by atoms with Crippen molar-refractivity contribution in [2.75, 3.05) is 26.4 Å². The Labute approximate surface area is 711 Å². The van der Waals surface area contributed by atoms with Gasteiger partial charge in [0, 0.05) is 60.5 Å². The van der Waals surface area contributed by atoms with Gasteiger partial charge < -0.3 is 56.8 Å². The van der Waals surface area contributed by atoms with Crippen LogP contribution in [0.2, 0.25) is 0 Å². The molecular weight excluding hydrogens is 1530 g/mol. The minimum Gasteiger partial charge on any atom is -0.489 e. The van der Waals surface area contributed by atoms with Gasteiger partial charge in [0.05, 0.1) is 13.2 Å². The maximum Gasteiger partial charge on any atom is 0.330 e. The van der Waals surface area contributed by atoms with E-state index in [2.05, 4.69) is 65.8 Å². The molecule has 22 heteroatoms. The van der Waals surface area contributed by atoms with Crippen molar-refractivity contribution >= 4 is 61.7 Å². The third kappa shape index (κ3) is 21.2. The van der Waals surface area contributed by atoms with E-state index in [0.717, 1.165) is 125 Å². The van der Waals surface area contributed by atoms with E-state index in [9.17, 15) is 47.9 Å². The lowest BCUT2D eigenvalue weighted by Gasteiger charge is -2.64. The van der Waals surface area contributed by atoms with Crippen LogP contribution in [-0.4, -0.2) is 137 Å². The second-order valence-corrected chi connectivity index (χ2v) is 38.9. The van der Waals surface area contributed by atoms with Crippen LogP contribution in [0.25, 0.3) is 0 Å². The summed E-state index contributed by atoms with van der Waals surface area (Å²) in [7, 11) is 0. The summed E-state index contributed by atoms with van der Waals surface area (Å²) in [4.78, 5) is 129. The summed E-state index contributed by atoms with van der Waals surface area (Å²) in [6.07, 6.45) is 23.1. The summed E-state index contributed by atoms with van der Waals surface area (Å²) in [5, 5.41) is 0. The molecule has 10 aliphatic carbocycles. The third-order valence-electron chi connectivity index (χ3n) is 32.3. The molecule has 0 unspecified atom stereocenters. The highest BCUT2D eigenvalue weighted by atomic mass is 16.6. The molecule has 10 aliphatic rings. The Morgan fingerprint density at radius 2 is 0.800 bits per heavy atom. The lowest BCUT2D eigenvalue weighted by atomic mass is 9.43. The molecule has 0 aromatic heterocycles. The van der Waals surface area contributed by atoms with Gasteiger partial charge in [-0.25, -0.2) is 9.59 Å². The molecule has 12 rings (SSSR count). The topological polar surface area (TPSA) is 281 Å². The zero-order valence-corrected chi connectivity index (χ0v) is 73.2. The molecule has 662 valence electrons. The van der Waals surface area contributed by atoms with Crippen molar-refractivity contribution in [2.45, 2.75) is 324 Å². The zero-order chi connectivity index (χ0) is 85.5. The van der Waals surface area contributed by atoms with E-state index in [0.29, 0.717) is 128 Å². The quantitative estimate of drug-likeness (QED) is 0.0198. The van der Waals surface area contributed by atoms with E-state index in [1.807, 2.05) is 38.1 Å². The summed E-state index contributed by atoms with van der Waals surface area (Å²) >= 11 is 0. The zero-order valence-electron chi connectivity index (χ0n) is 73.2. The number of carbonyl (C=O) groups excluding carboxylic acids is 10. The molecule has 10 fully saturated rings. The van der Waals surface area contributed by atoms with Gasteiger partial charge in [-0.05, 0) is 323 Å². The van der Waals surface area contributed by atoms with Crippen molar-refractivity contribution in [2.24, 2.45) is 105 Å². The molecule has 0 saturated heterocycles. The van der Waals surface area contributed by atoms with Crippen LogP contribution in [0.15, 0.2) is 71.8 Å². The SMILES string of the molecule is CCOC(=O)/C=C(/C)COc1ccc(C[C@H]2CCCC[C@@H]2OC(=O)CC[C@@H](C)[C@H]2CC[C@H]3[C@@H]4[C@H](OC=O)C[C@@H]5C[C@H](OC(=O)CCCCC(=O)O[C@@H]6CC[C@@]7(C)[C@@H](C6)C[C@@H](OC=O)[C@@H]6[C@@H]7C[C@H](OC=O)[C@]7(C)[C@@H]([C@H](C)CCC(=O)O[C@H]8CCCC[C@@H]8Cc8ccc(OC/C(C)=C\C(=O)OCC)cc8)CC[C@@H]67)CC[C@]5(C)[C@H]4C[C@H](OC=O)[C@]23C)cc1. The Kier molecular flexibility index (Phi) is 31.7. The average Bonchev–Trinajstić information content (AvgIpc) is 1.19. The van der Waals surface area contributed by atoms with Gasteiger partial charge in [0.1, 0.15) is 73.5 Å². The van der Waals surface area contributed by atoms with Crippen LogP contribution in [-0.2, 0) is 108 Å². The molecule has 0 aliphatic heterocycles. The molecule has 2 aromatic rings. The Balaban J connectivity index is 0.577. The van der Waals surface area contributed by atoms with Crippen LogP contribution in [0.4, 0.5) is 0 Å². The highest BCUT2D eigenvalue weighted by Crippen LogP contribution is 2.72. The summed E-state index contributed by atoms with van der Waals surface area (Å²) in [6.45, 7) is 24.4. The van der Waals surface area contributed by atoms with E-state index >= 15 is 0 Å². The van der Waals surface area contributed by atoms with Crippen LogP contribution >= 0.6 is 0 Å². The maximum atomic E-state index is 13.9. The number of hydrogen-bond acceptors (Lipinski definition) is 22.